The zero-order valence-corrected chi connectivity index (χ0v) is 12.6. The van der Waals surface area contributed by atoms with Crippen LogP contribution in [-0.2, 0) is 11.2 Å². The van der Waals surface area contributed by atoms with E-state index in [0.717, 1.165) is 23.0 Å². The summed E-state index contributed by atoms with van der Waals surface area (Å²) in [6, 6.07) is 8.87. The largest absolute Gasteiger partial charge is 0.303 e. The van der Waals surface area contributed by atoms with E-state index >= 15 is 0 Å². The van der Waals surface area contributed by atoms with Crippen LogP contribution in [0.4, 0.5) is 0 Å². The standard InChI is InChI=1S/C14H8Cl4O/c15-11-2-1-8(5-9(11)3-4-19)10-6-12(16)14(18)13(17)7-10/h1-2,4-7H,3H2. The first-order chi connectivity index (χ1) is 9.02. The number of benzene rings is 2. The summed E-state index contributed by atoms with van der Waals surface area (Å²) < 4.78 is 0. The third-order valence-electron chi connectivity index (χ3n) is 2.67. The van der Waals surface area contributed by atoms with Crippen molar-refractivity contribution in [2.45, 2.75) is 6.42 Å². The van der Waals surface area contributed by atoms with Crippen LogP contribution in [0, 0.1) is 0 Å². The highest BCUT2D eigenvalue weighted by Gasteiger charge is 2.09. The predicted octanol–water partition coefficient (Wildman–Crippen LogP) is 5.71. The van der Waals surface area contributed by atoms with Crippen LogP contribution in [0.2, 0.25) is 20.1 Å². The van der Waals surface area contributed by atoms with Crippen LogP contribution in [0.25, 0.3) is 11.1 Å². The lowest BCUT2D eigenvalue weighted by molar-refractivity contribution is -0.107. The molecule has 0 radical (unpaired) electrons. The second-order valence-corrected chi connectivity index (χ2v) is 5.53. The van der Waals surface area contributed by atoms with E-state index in [2.05, 4.69) is 0 Å². The van der Waals surface area contributed by atoms with E-state index in [-0.39, 0.29) is 6.42 Å². The van der Waals surface area contributed by atoms with E-state index in [1.807, 2.05) is 12.1 Å². The minimum atomic E-state index is 0.266. The highest BCUT2D eigenvalue weighted by molar-refractivity contribution is 6.48. The molecule has 0 aliphatic carbocycles. The molecule has 0 aliphatic rings. The predicted molar refractivity (Wildman–Crippen MR) is 81.7 cm³/mol. The molecule has 2 rings (SSSR count). The fourth-order valence-electron chi connectivity index (χ4n) is 1.72. The van der Waals surface area contributed by atoms with Gasteiger partial charge in [0.05, 0.1) is 15.1 Å². The molecular weight excluding hydrogens is 326 g/mol. The molecule has 0 N–H and O–H groups in total. The van der Waals surface area contributed by atoms with Crippen LogP contribution in [0.3, 0.4) is 0 Å². The Morgan fingerprint density at radius 2 is 1.47 bits per heavy atom. The second-order valence-electron chi connectivity index (χ2n) is 3.93. The first-order valence-corrected chi connectivity index (χ1v) is 6.91. The van der Waals surface area contributed by atoms with E-state index in [9.17, 15) is 4.79 Å². The van der Waals surface area contributed by atoms with Gasteiger partial charge in [-0.2, -0.15) is 0 Å². The van der Waals surface area contributed by atoms with Gasteiger partial charge in [0.15, 0.2) is 0 Å². The molecule has 0 bridgehead atoms. The van der Waals surface area contributed by atoms with Gasteiger partial charge >= 0.3 is 0 Å². The lowest BCUT2D eigenvalue weighted by Crippen LogP contribution is -1.89. The van der Waals surface area contributed by atoms with Crippen molar-refractivity contribution in [2.75, 3.05) is 0 Å². The summed E-state index contributed by atoms with van der Waals surface area (Å²) in [6.07, 6.45) is 1.08. The van der Waals surface area contributed by atoms with Crippen molar-refractivity contribution in [2.24, 2.45) is 0 Å². The molecule has 19 heavy (non-hydrogen) atoms. The van der Waals surface area contributed by atoms with Crippen LogP contribution >= 0.6 is 46.4 Å². The summed E-state index contributed by atoms with van der Waals surface area (Å²) in [5, 5.41) is 1.66. The lowest BCUT2D eigenvalue weighted by atomic mass is 10.0. The van der Waals surface area contributed by atoms with E-state index in [1.54, 1.807) is 18.2 Å². The van der Waals surface area contributed by atoms with E-state index < -0.39 is 0 Å². The summed E-state index contributed by atoms with van der Waals surface area (Å²) in [6.45, 7) is 0. The lowest BCUT2D eigenvalue weighted by Gasteiger charge is -2.08. The molecule has 0 aromatic heterocycles. The van der Waals surface area contributed by atoms with Crippen LogP contribution in [-0.4, -0.2) is 6.29 Å². The molecule has 0 aliphatic heterocycles. The van der Waals surface area contributed by atoms with Crippen molar-refractivity contribution in [3.63, 3.8) is 0 Å². The number of hydrogen-bond donors (Lipinski definition) is 0. The molecule has 2 aromatic carbocycles. The van der Waals surface area contributed by atoms with Crippen LogP contribution in [0.15, 0.2) is 30.3 Å². The average molecular weight is 334 g/mol. The highest BCUT2D eigenvalue weighted by atomic mass is 35.5. The van der Waals surface area contributed by atoms with Gasteiger partial charge in [-0.05, 0) is 41.0 Å². The van der Waals surface area contributed by atoms with Crippen molar-refractivity contribution < 1.29 is 4.79 Å². The molecule has 0 heterocycles. The number of halogens is 4. The first kappa shape index (κ1) is 14.7. The number of aldehydes is 1. The molecule has 0 fully saturated rings. The molecule has 2 aromatic rings. The topological polar surface area (TPSA) is 17.1 Å². The maximum absolute atomic E-state index is 10.6. The van der Waals surface area contributed by atoms with Crippen molar-refractivity contribution in [3.8, 4) is 11.1 Å². The molecular formula is C14H8Cl4O. The molecule has 5 heteroatoms. The summed E-state index contributed by atoms with van der Waals surface area (Å²) in [5.41, 5.74) is 2.46. The minimum Gasteiger partial charge on any atom is -0.303 e. The summed E-state index contributed by atoms with van der Waals surface area (Å²) >= 11 is 23.9. The Labute approximate surface area is 131 Å². The number of carbonyl (C=O) groups is 1. The number of hydrogen-bond acceptors (Lipinski definition) is 1. The molecule has 0 unspecified atom stereocenters. The second kappa shape index (κ2) is 6.15. The number of carbonyl (C=O) groups excluding carboxylic acids is 1. The average Bonchev–Trinajstić information content (AvgIpc) is 2.38. The van der Waals surface area contributed by atoms with Gasteiger partial charge in [-0.1, -0.05) is 52.5 Å². The van der Waals surface area contributed by atoms with Gasteiger partial charge < -0.3 is 4.79 Å². The van der Waals surface area contributed by atoms with Gasteiger partial charge in [-0.3, -0.25) is 0 Å². The van der Waals surface area contributed by atoms with Gasteiger partial charge in [0, 0.05) is 11.4 Å². The maximum atomic E-state index is 10.6. The quantitative estimate of drug-likeness (QED) is 0.519. The zero-order valence-electron chi connectivity index (χ0n) is 9.59. The molecule has 1 nitrogen and oxygen atoms in total. The van der Waals surface area contributed by atoms with E-state index in [0.29, 0.717) is 20.1 Å². The van der Waals surface area contributed by atoms with Gasteiger partial charge in [-0.15, -0.1) is 0 Å². The van der Waals surface area contributed by atoms with Crippen LogP contribution < -0.4 is 0 Å². The number of rotatable bonds is 3. The third kappa shape index (κ3) is 3.24. The molecule has 0 saturated heterocycles. The van der Waals surface area contributed by atoms with Gasteiger partial charge in [-0.25, -0.2) is 0 Å². The Bertz CT molecular complexity index is 614. The normalized spacial score (nSPS) is 10.5. The SMILES string of the molecule is O=CCc1cc(-c2cc(Cl)c(Cl)c(Cl)c2)ccc1Cl. The molecule has 0 atom stereocenters. The van der Waals surface area contributed by atoms with E-state index in [4.69, 9.17) is 46.4 Å². The summed E-state index contributed by atoms with van der Waals surface area (Å²) in [4.78, 5) is 10.6. The van der Waals surface area contributed by atoms with Gasteiger partial charge in [0.25, 0.3) is 0 Å². The Balaban J connectivity index is 2.53. The Morgan fingerprint density at radius 3 is 2.05 bits per heavy atom. The van der Waals surface area contributed by atoms with Crippen molar-refractivity contribution in [1.29, 1.82) is 0 Å². The fourth-order valence-corrected chi connectivity index (χ4v) is 2.51. The molecule has 98 valence electrons. The molecule has 0 spiro atoms. The van der Waals surface area contributed by atoms with Crippen molar-refractivity contribution in [1.82, 2.24) is 0 Å². The molecule has 0 saturated carbocycles. The van der Waals surface area contributed by atoms with Gasteiger partial charge in [0.1, 0.15) is 6.29 Å². The summed E-state index contributed by atoms with van der Waals surface area (Å²) in [7, 11) is 0. The van der Waals surface area contributed by atoms with Crippen molar-refractivity contribution in [3.05, 3.63) is 56.0 Å². The highest BCUT2D eigenvalue weighted by Crippen LogP contribution is 2.35. The van der Waals surface area contributed by atoms with E-state index in [1.165, 1.54) is 0 Å². The monoisotopic (exact) mass is 332 g/mol. The zero-order chi connectivity index (χ0) is 14.0. The maximum Gasteiger partial charge on any atom is 0.124 e. The van der Waals surface area contributed by atoms with Crippen molar-refractivity contribution >= 4 is 52.7 Å². The van der Waals surface area contributed by atoms with Crippen LogP contribution in [0.5, 0.6) is 0 Å². The first-order valence-electron chi connectivity index (χ1n) is 5.40. The third-order valence-corrected chi connectivity index (χ3v) is 4.23. The molecule has 0 amide bonds. The minimum absolute atomic E-state index is 0.266. The van der Waals surface area contributed by atoms with Crippen LogP contribution in [0.1, 0.15) is 5.56 Å². The Hall–Kier alpha value is -0.730. The van der Waals surface area contributed by atoms with Gasteiger partial charge in [0.2, 0.25) is 0 Å². The summed E-state index contributed by atoms with van der Waals surface area (Å²) in [5.74, 6) is 0. The Morgan fingerprint density at radius 1 is 0.842 bits per heavy atom. The Kier molecular flexibility index (Phi) is 4.75. The smallest absolute Gasteiger partial charge is 0.124 e. The fraction of sp³-hybridized carbons (Fsp3) is 0.0714.